The summed E-state index contributed by atoms with van der Waals surface area (Å²) in [5.41, 5.74) is 6.07. The highest BCUT2D eigenvalue weighted by Gasteiger charge is 2.39. The molecule has 2 fully saturated rings. The van der Waals surface area contributed by atoms with Crippen molar-refractivity contribution in [3.05, 3.63) is 0 Å². The lowest BCUT2D eigenvalue weighted by Crippen LogP contribution is -2.46. The van der Waals surface area contributed by atoms with Crippen molar-refractivity contribution in [2.24, 2.45) is 17.6 Å². The van der Waals surface area contributed by atoms with Crippen molar-refractivity contribution in [1.29, 1.82) is 0 Å². The van der Waals surface area contributed by atoms with E-state index < -0.39 is 0 Å². The van der Waals surface area contributed by atoms with Gasteiger partial charge in [-0.05, 0) is 24.7 Å². The van der Waals surface area contributed by atoms with E-state index in [1.165, 1.54) is 25.7 Å². The summed E-state index contributed by atoms with van der Waals surface area (Å²) in [4.78, 5) is 2.50. The molecule has 2 N–H and O–H groups in total. The fourth-order valence-electron chi connectivity index (χ4n) is 3.81. The molecule has 3 unspecified atom stereocenters. The maximum absolute atomic E-state index is 6.07. The van der Waals surface area contributed by atoms with E-state index in [-0.39, 0.29) is 12.2 Å². The summed E-state index contributed by atoms with van der Waals surface area (Å²) in [6.45, 7) is 5.04. The molecule has 4 heteroatoms. The highest BCUT2D eigenvalue weighted by Crippen LogP contribution is 2.33. The van der Waals surface area contributed by atoms with Crippen LogP contribution in [0.15, 0.2) is 0 Å². The number of hydrogen-bond acceptors (Lipinski definition) is 4. The zero-order valence-electron chi connectivity index (χ0n) is 12.7. The van der Waals surface area contributed by atoms with Gasteiger partial charge < -0.3 is 15.2 Å². The summed E-state index contributed by atoms with van der Waals surface area (Å²) in [7, 11) is 3.56. The predicted octanol–water partition coefficient (Wildman–Crippen LogP) is 1.49. The summed E-state index contributed by atoms with van der Waals surface area (Å²) >= 11 is 0. The molecule has 0 amide bonds. The fraction of sp³-hybridized carbons (Fsp3) is 1.00. The Labute approximate surface area is 117 Å². The van der Waals surface area contributed by atoms with Crippen LogP contribution in [0.3, 0.4) is 0 Å². The highest BCUT2D eigenvalue weighted by atomic mass is 16.5. The number of ether oxygens (including phenoxy) is 2. The predicted molar refractivity (Wildman–Crippen MR) is 77.1 cm³/mol. The summed E-state index contributed by atoms with van der Waals surface area (Å²) in [5.74, 6) is 1.65. The third kappa shape index (κ3) is 3.48. The average molecular weight is 270 g/mol. The largest absolute Gasteiger partial charge is 0.377 e. The third-order valence-corrected chi connectivity index (χ3v) is 5.16. The van der Waals surface area contributed by atoms with Crippen molar-refractivity contribution >= 4 is 0 Å². The molecule has 0 radical (unpaired) electrons. The van der Waals surface area contributed by atoms with Crippen LogP contribution in [-0.4, -0.2) is 57.0 Å². The minimum Gasteiger partial charge on any atom is -0.377 e. The number of nitrogens with two attached hydrogens (primary N) is 1. The monoisotopic (exact) mass is 270 g/mol. The Morgan fingerprint density at radius 3 is 2.00 bits per heavy atom. The topological polar surface area (TPSA) is 47.7 Å². The van der Waals surface area contributed by atoms with Crippen molar-refractivity contribution < 1.29 is 9.47 Å². The first-order chi connectivity index (χ1) is 9.19. The molecular formula is C15H30N2O2. The van der Waals surface area contributed by atoms with Crippen molar-refractivity contribution in [3.63, 3.8) is 0 Å². The van der Waals surface area contributed by atoms with Gasteiger partial charge in [0, 0.05) is 39.9 Å². The van der Waals surface area contributed by atoms with E-state index >= 15 is 0 Å². The second kappa shape index (κ2) is 7.02. The number of hydrogen-bond donors (Lipinski definition) is 1. The van der Waals surface area contributed by atoms with Crippen molar-refractivity contribution in [3.8, 4) is 0 Å². The maximum atomic E-state index is 6.07. The summed E-state index contributed by atoms with van der Waals surface area (Å²) < 4.78 is 11.1. The second-order valence-electron chi connectivity index (χ2n) is 6.33. The summed E-state index contributed by atoms with van der Waals surface area (Å²) in [6, 6.07) is 0.505. The molecule has 112 valence electrons. The van der Waals surface area contributed by atoms with Crippen LogP contribution in [0.1, 0.15) is 32.6 Å². The van der Waals surface area contributed by atoms with Gasteiger partial charge in [-0.15, -0.1) is 0 Å². The van der Waals surface area contributed by atoms with Gasteiger partial charge >= 0.3 is 0 Å². The fourth-order valence-corrected chi connectivity index (χ4v) is 3.81. The zero-order chi connectivity index (χ0) is 13.8. The first kappa shape index (κ1) is 15.2. The van der Waals surface area contributed by atoms with Gasteiger partial charge in [-0.1, -0.05) is 19.8 Å². The number of methoxy groups -OCH3 is 2. The number of nitrogens with zero attached hydrogens (tertiary/aromatic N) is 1. The van der Waals surface area contributed by atoms with Crippen molar-refractivity contribution in [2.75, 3.05) is 33.9 Å². The molecule has 19 heavy (non-hydrogen) atoms. The third-order valence-electron chi connectivity index (χ3n) is 5.16. The Balaban J connectivity index is 1.94. The molecule has 2 aliphatic rings. The number of rotatable bonds is 5. The highest BCUT2D eigenvalue weighted by molar-refractivity contribution is 4.93. The second-order valence-corrected chi connectivity index (χ2v) is 6.33. The van der Waals surface area contributed by atoms with Crippen molar-refractivity contribution in [1.82, 2.24) is 4.90 Å². The van der Waals surface area contributed by atoms with Crippen LogP contribution in [-0.2, 0) is 9.47 Å². The molecule has 3 atom stereocenters. The average Bonchev–Trinajstić information content (AvgIpc) is 2.85. The smallest absolute Gasteiger partial charge is 0.0971 e. The van der Waals surface area contributed by atoms with Gasteiger partial charge in [-0.25, -0.2) is 0 Å². The standard InChI is InChI=1S/C15H30N2O2/c1-11-4-6-12(7-5-11)13(8-16)17-9-14(18-2)15(10-17)19-3/h11-15H,4-10,16H2,1-3H3. The zero-order valence-corrected chi connectivity index (χ0v) is 12.7. The van der Waals surface area contributed by atoms with Crippen LogP contribution in [0.4, 0.5) is 0 Å². The summed E-state index contributed by atoms with van der Waals surface area (Å²) in [5, 5.41) is 0. The van der Waals surface area contributed by atoms with Crippen molar-refractivity contribution in [2.45, 2.75) is 50.9 Å². The Morgan fingerprint density at radius 2 is 1.58 bits per heavy atom. The van der Waals surface area contributed by atoms with Crippen LogP contribution >= 0.6 is 0 Å². The molecule has 4 nitrogen and oxygen atoms in total. The Hall–Kier alpha value is -0.160. The first-order valence-corrected chi connectivity index (χ1v) is 7.69. The van der Waals surface area contributed by atoms with Gasteiger partial charge in [0.15, 0.2) is 0 Å². The normalized spacial score (nSPS) is 38.5. The van der Waals surface area contributed by atoms with E-state index in [4.69, 9.17) is 15.2 Å². The lowest BCUT2D eigenvalue weighted by molar-refractivity contribution is -0.00461. The minimum absolute atomic E-state index is 0.196. The molecule has 2 rings (SSSR count). The molecule has 0 bridgehead atoms. The summed E-state index contributed by atoms with van der Waals surface area (Å²) in [6.07, 6.45) is 5.76. The van der Waals surface area contributed by atoms with E-state index in [0.717, 1.165) is 31.5 Å². The molecule has 1 saturated carbocycles. The van der Waals surface area contributed by atoms with Crippen LogP contribution in [0, 0.1) is 11.8 Å². The van der Waals surface area contributed by atoms with Gasteiger partial charge in [0.2, 0.25) is 0 Å². The van der Waals surface area contributed by atoms with Crippen LogP contribution < -0.4 is 5.73 Å². The van der Waals surface area contributed by atoms with Crippen LogP contribution in [0.5, 0.6) is 0 Å². The lowest BCUT2D eigenvalue weighted by atomic mass is 9.79. The lowest BCUT2D eigenvalue weighted by Gasteiger charge is -2.37. The van der Waals surface area contributed by atoms with E-state index in [1.807, 2.05) is 0 Å². The van der Waals surface area contributed by atoms with Gasteiger partial charge in [-0.3, -0.25) is 4.90 Å². The van der Waals surface area contributed by atoms with E-state index in [9.17, 15) is 0 Å². The minimum atomic E-state index is 0.196. The maximum Gasteiger partial charge on any atom is 0.0971 e. The molecule has 1 heterocycles. The van der Waals surface area contributed by atoms with Crippen LogP contribution in [0.2, 0.25) is 0 Å². The van der Waals surface area contributed by atoms with Crippen LogP contribution in [0.25, 0.3) is 0 Å². The van der Waals surface area contributed by atoms with E-state index in [1.54, 1.807) is 14.2 Å². The first-order valence-electron chi connectivity index (χ1n) is 7.69. The molecule has 0 aromatic carbocycles. The molecule has 1 saturated heterocycles. The van der Waals surface area contributed by atoms with Gasteiger partial charge in [0.25, 0.3) is 0 Å². The number of likely N-dealkylation sites (tertiary alicyclic amines) is 1. The molecule has 1 aliphatic carbocycles. The van der Waals surface area contributed by atoms with Gasteiger partial charge in [0.05, 0.1) is 12.2 Å². The molecular weight excluding hydrogens is 240 g/mol. The Kier molecular flexibility index (Phi) is 5.63. The Morgan fingerprint density at radius 1 is 1.05 bits per heavy atom. The Bertz CT molecular complexity index is 255. The quantitative estimate of drug-likeness (QED) is 0.822. The van der Waals surface area contributed by atoms with E-state index in [2.05, 4.69) is 11.8 Å². The molecule has 0 spiro atoms. The molecule has 0 aromatic rings. The van der Waals surface area contributed by atoms with E-state index in [0.29, 0.717) is 6.04 Å². The van der Waals surface area contributed by atoms with Gasteiger partial charge in [0.1, 0.15) is 0 Å². The molecule has 0 aromatic heterocycles. The molecule has 1 aliphatic heterocycles. The SMILES string of the molecule is COC1CN(C(CN)C2CCC(C)CC2)CC1OC. The van der Waals surface area contributed by atoms with Gasteiger partial charge in [-0.2, -0.15) is 0 Å².